The van der Waals surface area contributed by atoms with Gasteiger partial charge in [-0.05, 0) is 25.3 Å². The van der Waals surface area contributed by atoms with Crippen LogP contribution in [-0.2, 0) is 9.47 Å². The minimum atomic E-state index is -0.483. The molecule has 2 saturated heterocycles. The Bertz CT molecular complexity index is 652. The fraction of sp³-hybridized carbons (Fsp3) is 0.611. The highest BCUT2D eigenvalue weighted by molar-refractivity contribution is 6.00. The fourth-order valence-corrected chi connectivity index (χ4v) is 3.48. The molecule has 0 radical (unpaired) electrons. The van der Waals surface area contributed by atoms with Gasteiger partial charge in [-0.1, -0.05) is 0 Å². The van der Waals surface area contributed by atoms with Crippen molar-refractivity contribution in [3.8, 4) is 0 Å². The molecule has 1 unspecified atom stereocenters. The van der Waals surface area contributed by atoms with E-state index in [1.54, 1.807) is 6.07 Å². The van der Waals surface area contributed by atoms with E-state index < -0.39 is 4.92 Å². The number of nitrogens with one attached hydrogen (secondary N) is 1. The lowest BCUT2D eigenvalue weighted by Crippen LogP contribution is -2.38. The Balaban J connectivity index is 1.62. The van der Waals surface area contributed by atoms with E-state index in [0.29, 0.717) is 11.5 Å². The molecule has 2 fully saturated rings. The smallest absolute Gasteiger partial charge is 0.270 e. The van der Waals surface area contributed by atoms with Crippen molar-refractivity contribution in [1.82, 2.24) is 5.32 Å². The second-order valence-electron chi connectivity index (χ2n) is 6.79. The molecule has 26 heavy (non-hydrogen) atoms. The van der Waals surface area contributed by atoms with E-state index >= 15 is 0 Å². The van der Waals surface area contributed by atoms with Gasteiger partial charge in [0.15, 0.2) is 0 Å². The zero-order valence-electron chi connectivity index (χ0n) is 15.0. The zero-order valence-corrected chi connectivity index (χ0v) is 15.0. The molecule has 0 saturated carbocycles. The van der Waals surface area contributed by atoms with Crippen molar-refractivity contribution in [3.05, 3.63) is 33.9 Å². The number of nitro groups is 1. The van der Waals surface area contributed by atoms with E-state index in [9.17, 15) is 14.9 Å². The number of piperidine rings is 1. The summed E-state index contributed by atoms with van der Waals surface area (Å²) in [6, 6.07) is 4.46. The third-order valence-corrected chi connectivity index (χ3v) is 5.04. The average molecular weight is 363 g/mol. The van der Waals surface area contributed by atoms with Crippen LogP contribution in [0.1, 0.15) is 29.6 Å². The van der Waals surface area contributed by atoms with Crippen molar-refractivity contribution >= 4 is 17.3 Å². The SMILES string of the molecule is CNC(=O)c1cc([N+](=O)[O-])ccc1N1CCC(OCC2CCOC2)CC1. The minimum absolute atomic E-state index is 0.0793. The van der Waals surface area contributed by atoms with Crippen LogP contribution in [0.2, 0.25) is 0 Å². The highest BCUT2D eigenvalue weighted by Gasteiger charge is 2.26. The van der Waals surface area contributed by atoms with E-state index in [1.807, 2.05) is 0 Å². The van der Waals surface area contributed by atoms with Gasteiger partial charge < -0.3 is 19.7 Å². The molecule has 0 bridgehead atoms. The first-order valence-electron chi connectivity index (χ1n) is 9.03. The van der Waals surface area contributed by atoms with Crippen LogP contribution in [0.25, 0.3) is 0 Å². The number of non-ortho nitro benzene ring substituents is 1. The molecule has 1 aromatic carbocycles. The van der Waals surface area contributed by atoms with Crippen LogP contribution in [0.5, 0.6) is 0 Å². The Morgan fingerprint density at radius 2 is 2.15 bits per heavy atom. The summed E-state index contributed by atoms with van der Waals surface area (Å²) in [6.07, 6.45) is 3.03. The van der Waals surface area contributed by atoms with E-state index in [0.717, 1.165) is 57.9 Å². The molecule has 1 N–H and O–H groups in total. The highest BCUT2D eigenvalue weighted by atomic mass is 16.6. The molecule has 1 atom stereocenters. The fourth-order valence-electron chi connectivity index (χ4n) is 3.48. The predicted molar refractivity (Wildman–Crippen MR) is 96.6 cm³/mol. The summed E-state index contributed by atoms with van der Waals surface area (Å²) in [6.45, 7) is 3.87. The standard InChI is InChI=1S/C18H25N3O5/c1-19-18(22)16-10-14(21(23)24)2-3-17(16)20-7-4-15(5-8-20)26-12-13-6-9-25-11-13/h2-3,10,13,15H,4-9,11-12H2,1H3,(H,19,22). The van der Waals surface area contributed by atoms with Gasteiger partial charge in [0.25, 0.3) is 11.6 Å². The molecule has 0 aliphatic carbocycles. The maximum atomic E-state index is 12.2. The van der Waals surface area contributed by atoms with Gasteiger partial charge in [-0.15, -0.1) is 0 Å². The van der Waals surface area contributed by atoms with Crippen molar-refractivity contribution in [1.29, 1.82) is 0 Å². The number of nitro benzene ring substituents is 1. The number of anilines is 1. The Kier molecular flexibility index (Phi) is 6.05. The normalized spacial score (nSPS) is 21.0. The molecular formula is C18H25N3O5. The number of hydrogen-bond donors (Lipinski definition) is 1. The van der Waals surface area contributed by atoms with Gasteiger partial charge in [0, 0.05) is 44.8 Å². The summed E-state index contributed by atoms with van der Waals surface area (Å²) in [5.74, 6) is 0.186. The van der Waals surface area contributed by atoms with Crippen LogP contribution < -0.4 is 10.2 Å². The van der Waals surface area contributed by atoms with Gasteiger partial charge in [0.05, 0.1) is 35.5 Å². The molecule has 2 aliphatic heterocycles. The third-order valence-electron chi connectivity index (χ3n) is 5.04. The van der Waals surface area contributed by atoms with Crippen LogP contribution in [0.3, 0.4) is 0 Å². The predicted octanol–water partition coefficient (Wildman–Crippen LogP) is 1.98. The summed E-state index contributed by atoms with van der Waals surface area (Å²) in [5.41, 5.74) is 0.992. The first kappa shape index (κ1) is 18.6. The number of amides is 1. The lowest BCUT2D eigenvalue weighted by molar-refractivity contribution is -0.384. The highest BCUT2D eigenvalue weighted by Crippen LogP contribution is 2.29. The number of nitrogens with zero attached hydrogens (tertiary/aromatic N) is 2. The monoisotopic (exact) mass is 363 g/mol. The van der Waals surface area contributed by atoms with Crippen molar-refractivity contribution in [2.45, 2.75) is 25.4 Å². The molecule has 0 spiro atoms. The van der Waals surface area contributed by atoms with Gasteiger partial charge in [-0.25, -0.2) is 0 Å². The van der Waals surface area contributed by atoms with Crippen LogP contribution in [0, 0.1) is 16.0 Å². The van der Waals surface area contributed by atoms with Gasteiger partial charge in [0.1, 0.15) is 0 Å². The molecular weight excluding hydrogens is 338 g/mol. The van der Waals surface area contributed by atoms with Crippen LogP contribution >= 0.6 is 0 Å². The van der Waals surface area contributed by atoms with E-state index in [2.05, 4.69) is 10.2 Å². The molecule has 2 heterocycles. The quantitative estimate of drug-likeness (QED) is 0.613. The number of carbonyl (C=O) groups is 1. The third kappa shape index (κ3) is 4.31. The molecule has 1 amide bonds. The first-order valence-corrected chi connectivity index (χ1v) is 9.03. The van der Waals surface area contributed by atoms with E-state index in [-0.39, 0.29) is 17.7 Å². The summed E-state index contributed by atoms with van der Waals surface area (Å²) in [5, 5.41) is 13.6. The summed E-state index contributed by atoms with van der Waals surface area (Å²) >= 11 is 0. The largest absolute Gasteiger partial charge is 0.381 e. The Hall–Kier alpha value is -2.19. The second-order valence-corrected chi connectivity index (χ2v) is 6.79. The topological polar surface area (TPSA) is 93.9 Å². The van der Waals surface area contributed by atoms with E-state index in [4.69, 9.17) is 9.47 Å². The summed E-state index contributed by atoms with van der Waals surface area (Å²) < 4.78 is 11.4. The number of carbonyl (C=O) groups excluding carboxylic acids is 1. The summed E-state index contributed by atoms with van der Waals surface area (Å²) in [4.78, 5) is 24.8. The number of rotatable bonds is 6. The van der Waals surface area contributed by atoms with Gasteiger partial charge >= 0.3 is 0 Å². The second kappa shape index (κ2) is 8.46. The molecule has 142 valence electrons. The molecule has 3 rings (SSSR count). The maximum Gasteiger partial charge on any atom is 0.270 e. The number of hydrogen-bond acceptors (Lipinski definition) is 6. The molecule has 0 aromatic heterocycles. The summed E-state index contributed by atoms with van der Waals surface area (Å²) in [7, 11) is 1.53. The van der Waals surface area contributed by atoms with Gasteiger partial charge in [-0.2, -0.15) is 0 Å². The van der Waals surface area contributed by atoms with Crippen LogP contribution in [-0.4, -0.2) is 56.9 Å². The van der Waals surface area contributed by atoms with Crippen molar-refractivity contribution < 1.29 is 19.2 Å². The Morgan fingerprint density at radius 1 is 1.38 bits per heavy atom. The Morgan fingerprint density at radius 3 is 2.77 bits per heavy atom. The van der Waals surface area contributed by atoms with Crippen molar-refractivity contribution in [2.75, 3.05) is 44.9 Å². The van der Waals surface area contributed by atoms with Gasteiger partial charge in [0.2, 0.25) is 0 Å². The molecule has 2 aliphatic rings. The van der Waals surface area contributed by atoms with E-state index in [1.165, 1.54) is 19.2 Å². The number of benzene rings is 1. The van der Waals surface area contributed by atoms with Crippen molar-refractivity contribution in [2.24, 2.45) is 5.92 Å². The Labute approximate surface area is 152 Å². The molecule has 8 heteroatoms. The van der Waals surface area contributed by atoms with Gasteiger partial charge in [-0.3, -0.25) is 14.9 Å². The molecule has 1 aromatic rings. The number of ether oxygens (including phenoxy) is 2. The zero-order chi connectivity index (χ0) is 18.5. The average Bonchev–Trinajstić information content (AvgIpc) is 3.19. The first-order chi connectivity index (χ1) is 12.6. The lowest BCUT2D eigenvalue weighted by Gasteiger charge is -2.34. The van der Waals surface area contributed by atoms with Crippen LogP contribution in [0.15, 0.2) is 18.2 Å². The maximum absolute atomic E-state index is 12.2. The van der Waals surface area contributed by atoms with Crippen LogP contribution in [0.4, 0.5) is 11.4 Å². The minimum Gasteiger partial charge on any atom is -0.381 e. The lowest BCUT2D eigenvalue weighted by atomic mass is 10.0. The van der Waals surface area contributed by atoms with Crippen molar-refractivity contribution in [3.63, 3.8) is 0 Å². The molecule has 8 nitrogen and oxygen atoms in total.